The fourth-order valence-electron chi connectivity index (χ4n) is 1.21. The molecule has 0 aliphatic heterocycles. The highest BCUT2D eigenvalue weighted by Gasteiger charge is 2.12. The van der Waals surface area contributed by atoms with E-state index in [0.29, 0.717) is 6.07 Å². The summed E-state index contributed by atoms with van der Waals surface area (Å²) in [5.41, 5.74) is 0.0418. The summed E-state index contributed by atoms with van der Waals surface area (Å²) in [7, 11) is 0. The molecule has 1 aromatic carbocycles. The molecule has 0 aliphatic carbocycles. The molecule has 0 spiro atoms. The van der Waals surface area contributed by atoms with E-state index in [9.17, 15) is 13.6 Å². The Bertz CT molecular complexity index is 454. The lowest BCUT2D eigenvalue weighted by atomic mass is 10.2. The fraction of sp³-hybridized carbons (Fsp3) is 0.250. The average Bonchev–Trinajstić information content (AvgIpc) is 2.27. The van der Waals surface area contributed by atoms with Gasteiger partial charge in [0.25, 0.3) is 0 Å². The van der Waals surface area contributed by atoms with Crippen LogP contribution in [0.15, 0.2) is 24.3 Å². The number of benzene rings is 1. The van der Waals surface area contributed by atoms with Crippen LogP contribution in [0.4, 0.5) is 14.5 Å². The lowest BCUT2D eigenvalue weighted by molar-refractivity contribution is -0.138. The molecule has 0 bridgehead atoms. The molecule has 18 heavy (non-hydrogen) atoms. The van der Waals surface area contributed by atoms with Gasteiger partial charge in [0.15, 0.2) is 5.82 Å². The molecule has 3 nitrogen and oxygen atoms in total. The molecule has 0 saturated heterocycles. The van der Waals surface area contributed by atoms with Crippen molar-refractivity contribution in [1.29, 1.82) is 0 Å². The van der Waals surface area contributed by atoms with Crippen LogP contribution < -0.4 is 5.32 Å². The highest BCUT2D eigenvalue weighted by molar-refractivity contribution is 6.33. The second-order valence-corrected chi connectivity index (χ2v) is 3.83. The predicted molar refractivity (Wildman–Crippen MR) is 65.6 cm³/mol. The van der Waals surface area contributed by atoms with E-state index in [1.165, 1.54) is 0 Å². The lowest BCUT2D eigenvalue weighted by Gasteiger charge is -2.10. The maximum absolute atomic E-state index is 13.4. The Kier molecular flexibility index (Phi) is 5.09. The number of esters is 1. The number of halogens is 3. The molecule has 98 valence electrons. The van der Waals surface area contributed by atoms with E-state index in [-0.39, 0.29) is 29.4 Å². The van der Waals surface area contributed by atoms with Crippen molar-refractivity contribution in [3.63, 3.8) is 0 Å². The van der Waals surface area contributed by atoms with Gasteiger partial charge in [-0.15, -0.1) is 0 Å². The molecule has 0 saturated carbocycles. The molecule has 1 rings (SSSR count). The Labute approximate surface area is 108 Å². The molecular formula is C12H12ClF2NO2. The maximum atomic E-state index is 13.4. The number of carbonyl (C=O) groups excluding carboxylic acids is 1. The standard InChI is InChI=1S/C12H12ClF2NO2/c1-3-18-12(17)7(2)6-16-11-9(13)4-8(14)5-10(11)15/h4-5,16H,2-3,6H2,1H3. The third-order valence-corrected chi connectivity index (χ3v) is 2.35. The third-order valence-electron chi connectivity index (χ3n) is 2.05. The van der Waals surface area contributed by atoms with Crippen molar-refractivity contribution in [2.24, 2.45) is 0 Å². The summed E-state index contributed by atoms with van der Waals surface area (Å²) in [6, 6.07) is 1.67. The summed E-state index contributed by atoms with van der Waals surface area (Å²) in [6.07, 6.45) is 0. The summed E-state index contributed by atoms with van der Waals surface area (Å²) in [6.45, 7) is 5.34. The number of carbonyl (C=O) groups is 1. The molecule has 1 N–H and O–H groups in total. The number of hydrogen-bond donors (Lipinski definition) is 1. The van der Waals surface area contributed by atoms with E-state index in [4.69, 9.17) is 16.3 Å². The SMILES string of the molecule is C=C(CNc1c(F)cc(F)cc1Cl)C(=O)OCC. The van der Waals surface area contributed by atoms with Crippen LogP contribution in [0.5, 0.6) is 0 Å². The zero-order valence-electron chi connectivity index (χ0n) is 9.73. The predicted octanol–water partition coefficient (Wildman–Crippen LogP) is 3.15. The van der Waals surface area contributed by atoms with E-state index in [0.717, 1.165) is 6.07 Å². The van der Waals surface area contributed by atoms with Gasteiger partial charge in [-0.3, -0.25) is 0 Å². The summed E-state index contributed by atoms with van der Waals surface area (Å²) in [4.78, 5) is 11.2. The van der Waals surface area contributed by atoms with Gasteiger partial charge in [0.1, 0.15) is 5.82 Å². The first-order valence-corrected chi connectivity index (χ1v) is 5.56. The van der Waals surface area contributed by atoms with Gasteiger partial charge >= 0.3 is 5.97 Å². The second-order valence-electron chi connectivity index (χ2n) is 3.42. The topological polar surface area (TPSA) is 38.3 Å². The van der Waals surface area contributed by atoms with Crippen molar-refractivity contribution < 1.29 is 18.3 Å². The van der Waals surface area contributed by atoms with E-state index < -0.39 is 17.6 Å². The van der Waals surface area contributed by atoms with Crippen molar-refractivity contribution in [3.8, 4) is 0 Å². The Morgan fingerprint density at radius 1 is 1.50 bits per heavy atom. The van der Waals surface area contributed by atoms with Gasteiger partial charge in [-0.25, -0.2) is 13.6 Å². The van der Waals surface area contributed by atoms with Crippen LogP contribution in [-0.4, -0.2) is 19.1 Å². The van der Waals surface area contributed by atoms with Crippen LogP contribution in [0.2, 0.25) is 5.02 Å². The smallest absolute Gasteiger partial charge is 0.335 e. The zero-order chi connectivity index (χ0) is 13.7. The van der Waals surface area contributed by atoms with Crippen LogP contribution in [0.3, 0.4) is 0 Å². The monoisotopic (exact) mass is 275 g/mol. The van der Waals surface area contributed by atoms with Gasteiger partial charge in [-0.1, -0.05) is 18.2 Å². The van der Waals surface area contributed by atoms with Crippen LogP contribution in [0.25, 0.3) is 0 Å². The first-order chi connectivity index (χ1) is 8.45. The van der Waals surface area contributed by atoms with Crippen molar-refractivity contribution in [1.82, 2.24) is 0 Å². The fourth-order valence-corrected chi connectivity index (χ4v) is 1.47. The van der Waals surface area contributed by atoms with E-state index in [2.05, 4.69) is 11.9 Å². The molecule has 0 amide bonds. The minimum atomic E-state index is -0.836. The number of ether oxygens (including phenoxy) is 1. The molecule has 1 aromatic rings. The Balaban J connectivity index is 2.70. The molecule has 0 radical (unpaired) electrons. The maximum Gasteiger partial charge on any atom is 0.335 e. The third kappa shape index (κ3) is 3.70. The molecule has 0 aliphatic rings. The first-order valence-electron chi connectivity index (χ1n) is 5.19. The van der Waals surface area contributed by atoms with Crippen molar-refractivity contribution in [3.05, 3.63) is 40.9 Å². The second kappa shape index (κ2) is 6.35. The van der Waals surface area contributed by atoms with Crippen LogP contribution in [0.1, 0.15) is 6.92 Å². The largest absolute Gasteiger partial charge is 0.463 e. The van der Waals surface area contributed by atoms with E-state index in [1.54, 1.807) is 6.92 Å². The molecular weight excluding hydrogens is 264 g/mol. The van der Waals surface area contributed by atoms with E-state index in [1.807, 2.05) is 0 Å². The summed E-state index contributed by atoms with van der Waals surface area (Å²) < 4.78 is 30.9. The normalized spacial score (nSPS) is 10.0. The quantitative estimate of drug-likeness (QED) is 0.663. The minimum Gasteiger partial charge on any atom is -0.463 e. The zero-order valence-corrected chi connectivity index (χ0v) is 10.5. The Morgan fingerprint density at radius 2 is 2.17 bits per heavy atom. The van der Waals surface area contributed by atoms with Crippen molar-refractivity contribution in [2.75, 3.05) is 18.5 Å². The van der Waals surface area contributed by atoms with Crippen LogP contribution in [0, 0.1) is 11.6 Å². The molecule has 0 fully saturated rings. The van der Waals surface area contributed by atoms with Gasteiger partial charge < -0.3 is 10.1 Å². The average molecular weight is 276 g/mol. The Morgan fingerprint density at radius 3 is 2.72 bits per heavy atom. The van der Waals surface area contributed by atoms with Gasteiger partial charge in [0.2, 0.25) is 0 Å². The number of anilines is 1. The summed E-state index contributed by atoms with van der Waals surface area (Å²) >= 11 is 5.67. The molecule has 0 atom stereocenters. The van der Waals surface area contributed by atoms with Crippen LogP contribution >= 0.6 is 11.6 Å². The Hall–Kier alpha value is -1.62. The number of nitrogens with one attached hydrogen (secondary N) is 1. The van der Waals surface area contributed by atoms with Gasteiger partial charge in [-0.05, 0) is 13.0 Å². The lowest BCUT2D eigenvalue weighted by Crippen LogP contribution is -2.15. The minimum absolute atomic E-state index is 0.0406. The van der Waals surface area contributed by atoms with Crippen LogP contribution in [-0.2, 0) is 9.53 Å². The van der Waals surface area contributed by atoms with Gasteiger partial charge in [0.05, 0.1) is 17.3 Å². The van der Waals surface area contributed by atoms with Crippen molar-refractivity contribution in [2.45, 2.75) is 6.92 Å². The first kappa shape index (κ1) is 14.4. The molecule has 0 unspecified atom stereocenters. The number of hydrogen-bond acceptors (Lipinski definition) is 3. The molecule has 0 heterocycles. The molecule has 6 heteroatoms. The summed E-state index contributed by atoms with van der Waals surface area (Å²) in [5, 5.41) is 2.47. The van der Waals surface area contributed by atoms with Gasteiger partial charge in [-0.2, -0.15) is 0 Å². The highest BCUT2D eigenvalue weighted by Crippen LogP contribution is 2.26. The van der Waals surface area contributed by atoms with Crippen molar-refractivity contribution >= 4 is 23.3 Å². The summed E-state index contributed by atoms with van der Waals surface area (Å²) in [5.74, 6) is -2.19. The van der Waals surface area contributed by atoms with Gasteiger partial charge in [0, 0.05) is 18.2 Å². The molecule has 0 aromatic heterocycles. The van der Waals surface area contributed by atoms with E-state index >= 15 is 0 Å². The highest BCUT2D eigenvalue weighted by atomic mass is 35.5. The number of rotatable bonds is 5.